The third-order valence-corrected chi connectivity index (χ3v) is 4.40. The lowest BCUT2D eigenvalue weighted by Gasteiger charge is -2.30. The normalized spacial score (nSPS) is 11.9. The van der Waals surface area contributed by atoms with Crippen molar-refractivity contribution in [1.82, 2.24) is 15.5 Å². The molecule has 0 bridgehead atoms. The molecule has 7 heteroatoms. The van der Waals surface area contributed by atoms with Crippen molar-refractivity contribution in [2.75, 3.05) is 41.5 Å². The second-order valence-corrected chi connectivity index (χ2v) is 6.81. The molecule has 0 atom stereocenters. The van der Waals surface area contributed by atoms with E-state index in [4.69, 9.17) is 14.2 Å². The summed E-state index contributed by atoms with van der Waals surface area (Å²) in [6, 6.07) is 4.89. The van der Waals surface area contributed by atoms with Gasteiger partial charge in [-0.15, -0.1) is 0 Å². The second kappa shape index (κ2) is 11.5. The maximum absolute atomic E-state index is 5.40. The average Bonchev–Trinajstić information content (AvgIpc) is 2.65. The minimum atomic E-state index is 0.515. The lowest BCUT2D eigenvalue weighted by atomic mass is 10.2. The zero-order valence-electron chi connectivity index (χ0n) is 18.0. The van der Waals surface area contributed by atoms with Crippen molar-refractivity contribution in [3.8, 4) is 17.2 Å². The molecule has 154 valence electrons. The van der Waals surface area contributed by atoms with E-state index in [0.717, 1.165) is 24.6 Å². The van der Waals surface area contributed by atoms with Crippen LogP contribution >= 0.6 is 0 Å². The Balaban J connectivity index is 2.67. The molecular weight excluding hydrogens is 344 g/mol. The second-order valence-electron chi connectivity index (χ2n) is 6.81. The maximum atomic E-state index is 5.40. The quantitative estimate of drug-likeness (QED) is 0.480. The highest BCUT2D eigenvalue weighted by Gasteiger charge is 2.14. The highest BCUT2D eigenvalue weighted by Crippen LogP contribution is 2.38. The van der Waals surface area contributed by atoms with E-state index in [0.29, 0.717) is 35.9 Å². The zero-order chi connectivity index (χ0) is 20.4. The van der Waals surface area contributed by atoms with E-state index in [1.54, 1.807) is 28.4 Å². The molecule has 0 amide bonds. The maximum Gasteiger partial charge on any atom is 0.203 e. The van der Waals surface area contributed by atoms with Crippen molar-refractivity contribution in [1.29, 1.82) is 0 Å². The van der Waals surface area contributed by atoms with Crippen LogP contribution in [0.15, 0.2) is 17.1 Å². The van der Waals surface area contributed by atoms with Crippen molar-refractivity contribution < 1.29 is 14.2 Å². The highest BCUT2D eigenvalue weighted by atomic mass is 16.5. The number of nitrogens with zero attached hydrogens (tertiary/aromatic N) is 2. The number of ether oxygens (including phenoxy) is 3. The first kappa shape index (κ1) is 22.9. The van der Waals surface area contributed by atoms with Crippen LogP contribution in [-0.4, -0.2) is 64.4 Å². The van der Waals surface area contributed by atoms with Crippen LogP contribution in [0, 0.1) is 0 Å². The first-order valence-corrected chi connectivity index (χ1v) is 9.37. The predicted molar refractivity (Wildman–Crippen MR) is 111 cm³/mol. The Morgan fingerprint density at radius 3 is 1.93 bits per heavy atom. The lowest BCUT2D eigenvalue weighted by Crippen LogP contribution is -2.45. The molecule has 1 aromatic rings. The first-order valence-electron chi connectivity index (χ1n) is 9.37. The van der Waals surface area contributed by atoms with Gasteiger partial charge in [-0.25, -0.2) is 0 Å². The van der Waals surface area contributed by atoms with Gasteiger partial charge in [0.05, 0.1) is 21.3 Å². The number of benzene rings is 1. The minimum absolute atomic E-state index is 0.515. The third-order valence-electron chi connectivity index (χ3n) is 4.40. The summed E-state index contributed by atoms with van der Waals surface area (Å²) in [6.45, 7) is 11.3. The predicted octanol–water partition coefficient (Wildman–Crippen LogP) is 2.50. The van der Waals surface area contributed by atoms with Gasteiger partial charge in [-0.05, 0) is 45.4 Å². The van der Waals surface area contributed by atoms with Crippen LogP contribution in [0.5, 0.6) is 17.2 Å². The average molecular weight is 381 g/mol. The van der Waals surface area contributed by atoms with Gasteiger partial charge in [-0.1, -0.05) is 0 Å². The van der Waals surface area contributed by atoms with Crippen LogP contribution in [0.2, 0.25) is 0 Å². The summed E-state index contributed by atoms with van der Waals surface area (Å²) in [4.78, 5) is 6.74. The van der Waals surface area contributed by atoms with Gasteiger partial charge >= 0.3 is 0 Å². The van der Waals surface area contributed by atoms with Gasteiger partial charge in [-0.3, -0.25) is 9.89 Å². The van der Waals surface area contributed by atoms with Gasteiger partial charge in [0, 0.05) is 38.8 Å². The molecule has 0 saturated heterocycles. The molecule has 0 unspecified atom stereocenters. The molecule has 0 aliphatic rings. The van der Waals surface area contributed by atoms with Crippen molar-refractivity contribution >= 4 is 5.96 Å². The van der Waals surface area contributed by atoms with Crippen molar-refractivity contribution in [3.63, 3.8) is 0 Å². The number of guanidine groups is 1. The SMILES string of the molecule is CN=C(NCCN(C(C)C)C(C)C)NCc1cc(OC)c(OC)c(OC)c1. The Hall–Kier alpha value is -2.15. The van der Waals surface area contributed by atoms with Crippen LogP contribution in [0.25, 0.3) is 0 Å². The van der Waals surface area contributed by atoms with Crippen molar-refractivity contribution in [3.05, 3.63) is 17.7 Å². The van der Waals surface area contributed by atoms with Crippen LogP contribution in [-0.2, 0) is 6.54 Å². The van der Waals surface area contributed by atoms with E-state index < -0.39 is 0 Å². The summed E-state index contributed by atoms with van der Waals surface area (Å²) in [5, 5.41) is 6.70. The topological polar surface area (TPSA) is 67.4 Å². The summed E-state index contributed by atoms with van der Waals surface area (Å²) < 4.78 is 16.2. The van der Waals surface area contributed by atoms with E-state index in [1.165, 1.54) is 0 Å². The van der Waals surface area contributed by atoms with E-state index in [1.807, 2.05) is 12.1 Å². The lowest BCUT2D eigenvalue weighted by molar-refractivity contribution is 0.178. The fraction of sp³-hybridized carbons (Fsp3) is 0.650. The first-order chi connectivity index (χ1) is 12.9. The fourth-order valence-electron chi connectivity index (χ4n) is 3.06. The van der Waals surface area contributed by atoms with Gasteiger partial charge < -0.3 is 24.8 Å². The Bertz CT molecular complexity index is 570. The summed E-state index contributed by atoms with van der Waals surface area (Å²) >= 11 is 0. The Morgan fingerprint density at radius 1 is 0.963 bits per heavy atom. The molecular formula is C20H36N4O3. The molecule has 0 aliphatic carbocycles. The number of rotatable bonds is 10. The Kier molecular flexibility index (Phi) is 9.78. The Morgan fingerprint density at radius 2 is 1.52 bits per heavy atom. The molecule has 0 radical (unpaired) electrons. The van der Waals surface area contributed by atoms with Gasteiger partial charge in [0.2, 0.25) is 5.75 Å². The van der Waals surface area contributed by atoms with E-state index in [2.05, 4.69) is 48.2 Å². The number of methoxy groups -OCH3 is 3. The number of hydrogen-bond acceptors (Lipinski definition) is 5. The summed E-state index contributed by atoms with van der Waals surface area (Å²) in [6.07, 6.45) is 0. The highest BCUT2D eigenvalue weighted by molar-refractivity contribution is 5.79. The molecule has 0 aromatic heterocycles. The van der Waals surface area contributed by atoms with Gasteiger partial charge in [0.15, 0.2) is 17.5 Å². The fourth-order valence-corrected chi connectivity index (χ4v) is 3.06. The largest absolute Gasteiger partial charge is 0.493 e. The van der Waals surface area contributed by atoms with Crippen molar-refractivity contribution in [2.45, 2.75) is 46.3 Å². The molecule has 0 aliphatic heterocycles. The van der Waals surface area contributed by atoms with Crippen molar-refractivity contribution in [2.24, 2.45) is 4.99 Å². The standard InChI is InChI=1S/C20H36N4O3/c1-14(2)24(15(3)4)10-9-22-20(21-5)23-13-16-11-17(25-6)19(27-8)18(12-16)26-7/h11-12,14-15H,9-10,13H2,1-8H3,(H2,21,22,23). The summed E-state index contributed by atoms with van der Waals surface area (Å²) in [5.41, 5.74) is 1.01. The van der Waals surface area contributed by atoms with Crippen LogP contribution in [0.3, 0.4) is 0 Å². The monoisotopic (exact) mass is 380 g/mol. The number of aliphatic imine (C=N–C) groups is 1. The summed E-state index contributed by atoms with van der Waals surface area (Å²) in [7, 11) is 6.60. The minimum Gasteiger partial charge on any atom is -0.493 e. The van der Waals surface area contributed by atoms with E-state index in [9.17, 15) is 0 Å². The van der Waals surface area contributed by atoms with Crippen LogP contribution in [0.1, 0.15) is 33.3 Å². The molecule has 0 saturated carbocycles. The van der Waals surface area contributed by atoms with Crippen LogP contribution < -0.4 is 24.8 Å². The molecule has 0 spiro atoms. The molecule has 7 nitrogen and oxygen atoms in total. The zero-order valence-corrected chi connectivity index (χ0v) is 18.0. The molecule has 27 heavy (non-hydrogen) atoms. The third kappa shape index (κ3) is 6.82. The van der Waals surface area contributed by atoms with E-state index >= 15 is 0 Å². The van der Waals surface area contributed by atoms with Crippen LogP contribution in [0.4, 0.5) is 0 Å². The molecule has 2 N–H and O–H groups in total. The smallest absolute Gasteiger partial charge is 0.203 e. The Labute approximate surface area is 164 Å². The number of hydrogen-bond donors (Lipinski definition) is 2. The van der Waals surface area contributed by atoms with E-state index in [-0.39, 0.29) is 0 Å². The molecule has 0 fully saturated rings. The molecule has 0 heterocycles. The summed E-state index contributed by atoms with van der Waals surface area (Å²) in [5.74, 6) is 2.63. The number of nitrogens with one attached hydrogen (secondary N) is 2. The van der Waals surface area contributed by atoms with Gasteiger partial charge in [-0.2, -0.15) is 0 Å². The molecule has 1 rings (SSSR count). The van der Waals surface area contributed by atoms with Gasteiger partial charge in [0.25, 0.3) is 0 Å². The molecule has 1 aromatic carbocycles. The van der Waals surface area contributed by atoms with Gasteiger partial charge in [0.1, 0.15) is 0 Å².